The number of likely N-dealkylation sites (N-methyl/N-ethyl adjacent to an activating group) is 1. The molecule has 2 aliphatic rings. The van der Waals surface area contributed by atoms with E-state index in [1.54, 1.807) is 19.0 Å². The van der Waals surface area contributed by atoms with Gasteiger partial charge in [-0.2, -0.15) is 0 Å². The summed E-state index contributed by atoms with van der Waals surface area (Å²) in [6.07, 6.45) is 0. The third-order valence-electron chi connectivity index (χ3n) is 5.05. The van der Waals surface area contributed by atoms with Crippen molar-refractivity contribution in [3.8, 4) is 0 Å². The number of hydrogen-bond acceptors (Lipinski definition) is 4. The molecule has 1 aromatic carbocycles. The van der Waals surface area contributed by atoms with E-state index in [1.807, 2.05) is 12.1 Å². The highest BCUT2D eigenvalue weighted by Crippen LogP contribution is 2.49. The Hall–Kier alpha value is -1.92. The van der Waals surface area contributed by atoms with Crippen LogP contribution < -0.4 is 5.32 Å². The maximum absolute atomic E-state index is 12.0. The van der Waals surface area contributed by atoms with Crippen molar-refractivity contribution in [3.63, 3.8) is 0 Å². The number of amides is 2. The summed E-state index contributed by atoms with van der Waals surface area (Å²) in [5.74, 6) is 0.686. The maximum atomic E-state index is 12.0. The fourth-order valence-electron chi connectivity index (χ4n) is 3.94. The van der Waals surface area contributed by atoms with Gasteiger partial charge in [-0.15, -0.1) is 0 Å². The van der Waals surface area contributed by atoms with Crippen LogP contribution in [0.2, 0.25) is 0 Å². The molecule has 0 unspecified atom stereocenters. The molecule has 1 aliphatic heterocycles. The van der Waals surface area contributed by atoms with Crippen molar-refractivity contribution in [2.75, 3.05) is 47.4 Å². The first-order valence-corrected chi connectivity index (χ1v) is 8.31. The van der Waals surface area contributed by atoms with E-state index in [2.05, 4.69) is 22.3 Å². The van der Waals surface area contributed by atoms with Gasteiger partial charge in [0.15, 0.2) is 0 Å². The molecule has 3 rings (SSSR count). The smallest absolute Gasteiger partial charge is 0.246 e. The summed E-state index contributed by atoms with van der Waals surface area (Å²) in [5, 5.41) is 3.12. The van der Waals surface area contributed by atoms with Gasteiger partial charge in [0.05, 0.1) is 12.6 Å². The first-order chi connectivity index (χ1) is 11.5. The summed E-state index contributed by atoms with van der Waals surface area (Å²) in [5.41, 5.74) is 2.50. The van der Waals surface area contributed by atoms with Crippen LogP contribution in [0.5, 0.6) is 0 Å². The van der Waals surface area contributed by atoms with Gasteiger partial charge in [0.25, 0.3) is 0 Å². The van der Waals surface area contributed by atoms with Crippen LogP contribution in [-0.4, -0.2) is 69.1 Å². The molecule has 1 aromatic rings. The Balaban J connectivity index is 1.78. The summed E-state index contributed by atoms with van der Waals surface area (Å²) in [7, 11) is 5.08. The van der Waals surface area contributed by atoms with E-state index in [-0.39, 0.29) is 24.5 Å². The molecule has 6 heteroatoms. The normalized spacial score (nSPS) is 25.2. The number of benzene rings is 1. The first-order valence-electron chi connectivity index (χ1n) is 8.31. The minimum atomic E-state index is -0.0965. The molecule has 1 heterocycles. The minimum absolute atomic E-state index is 0.00620. The first kappa shape index (κ1) is 16.9. The number of fused-ring (bicyclic) bond motifs is 3. The Morgan fingerprint density at radius 1 is 1.25 bits per heavy atom. The van der Waals surface area contributed by atoms with Crippen molar-refractivity contribution in [1.82, 2.24) is 15.1 Å². The molecule has 130 valence electrons. The Morgan fingerprint density at radius 3 is 2.62 bits per heavy atom. The van der Waals surface area contributed by atoms with E-state index >= 15 is 0 Å². The SMILES string of the molecule is COCC(=O)N[C@@H]1c2ccccc2[C@@H]2CN(CC(=O)N(C)C)C[C@H]12. The van der Waals surface area contributed by atoms with Gasteiger partial charge >= 0.3 is 0 Å². The van der Waals surface area contributed by atoms with Crippen LogP contribution in [0, 0.1) is 5.92 Å². The lowest BCUT2D eigenvalue weighted by molar-refractivity contribution is -0.130. The average Bonchev–Trinajstić information content (AvgIpc) is 3.06. The van der Waals surface area contributed by atoms with Crippen LogP contribution in [0.4, 0.5) is 0 Å². The largest absolute Gasteiger partial charge is 0.375 e. The lowest BCUT2D eigenvalue weighted by Crippen LogP contribution is -2.38. The van der Waals surface area contributed by atoms with Gasteiger partial charge in [-0.3, -0.25) is 14.5 Å². The zero-order valence-electron chi connectivity index (χ0n) is 14.5. The number of carbonyl (C=O) groups is 2. The second-order valence-corrected chi connectivity index (χ2v) is 6.86. The monoisotopic (exact) mass is 331 g/mol. The van der Waals surface area contributed by atoms with Crippen LogP contribution in [0.1, 0.15) is 23.1 Å². The number of carbonyl (C=O) groups excluding carboxylic acids is 2. The average molecular weight is 331 g/mol. The zero-order valence-corrected chi connectivity index (χ0v) is 14.5. The molecule has 3 atom stereocenters. The van der Waals surface area contributed by atoms with E-state index in [0.717, 1.165) is 13.1 Å². The van der Waals surface area contributed by atoms with Crippen LogP contribution >= 0.6 is 0 Å². The van der Waals surface area contributed by atoms with E-state index in [4.69, 9.17) is 4.74 Å². The number of nitrogens with zero attached hydrogens (tertiary/aromatic N) is 2. The molecule has 0 aromatic heterocycles. The van der Waals surface area contributed by atoms with Crippen molar-refractivity contribution in [2.24, 2.45) is 5.92 Å². The third-order valence-corrected chi connectivity index (χ3v) is 5.05. The predicted octanol–water partition coefficient (Wildman–Crippen LogP) is 0.608. The van der Waals surface area contributed by atoms with E-state index in [0.29, 0.717) is 18.4 Å². The summed E-state index contributed by atoms with van der Waals surface area (Å²) < 4.78 is 4.94. The number of nitrogens with one attached hydrogen (secondary N) is 1. The van der Waals surface area contributed by atoms with Gasteiger partial charge in [0.2, 0.25) is 11.8 Å². The van der Waals surface area contributed by atoms with Crippen molar-refractivity contribution in [2.45, 2.75) is 12.0 Å². The van der Waals surface area contributed by atoms with Gasteiger partial charge in [-0.1, -0.05) is 24.3 Å². The van der Waals surface area contributed by atoms with Crippen LogP contribution in [0.15, 0.2) is 24.3 Å². The van der Waals surface area contributed by atoms with Crippen LogP contribution in [0.3, 0.4) is 0 Å². The van der Waals surface area contributed by atoms with Crippen molar-refractivity contribution in [1.29, 1.82) is 0 Å². The van der Waals surface area contributed by atoms with Crippen LogP contribution in [-0.2, 0) is 14.3 Å². The van der Waals surface area contributed by atoms with Crippen LogP contribution in [0.25, 0.3) is 0 Å². The summed E-state index contributed by atoms with van der Waals surface area (Å²) >= 11 is 0. The third kappa shape index (κ3) is 3.16. The quantitative estimate of drug-likeness (QED) is 0.859. The molecule has 6 nitrogen and oxygen atoms in total. The number of rotatable bonds is 5. The molecule has 1 saturated heterocycles. The lowest BCUT2D eigenvalue weighted by atomic mass is 9.94. The fraction of sp³-hybridized carbons (Fsp3) is 0.556. The molecule has 0 bridgehead atoms. The zero-order chi connectivity index (χ0) is 17.3. The number of hydrogen-bond donors (Lipinski definition) is 1. The van der Waals surface area contributed by atoms with Gasteiger partial charge in [0, 0.05) is 46.1 Å². The molecular formula is C18H25N3O3. The molecule has 0 radical (unpaired) electrons. The standard InChI is InChI=1S/C18H25N3O3/c1-20(2)17(23)10-21-8-14-12-6-4-5-7-13(12)18(15(14)9-21)19-16(22)11-24-3/h4-7,14-15,18H,8-11H2,1-3H3,(H,19,22)/t14-,15-,18+/m0/s1. The second kappa shape index (κ2) is 6.91. The molecule has 1 N–H and O–H groups in total. The van der Waals surface area contributed by atoms with Gasteiger partial charge in [0.1, 0.15) is 6.61 Å². The Morgan fingerprint density at radius 2 is 1.96 bits per heavy atom. The van der Waals surface area contributed by atoms with Gasteiger partial charge < -0.3 is 15.0 Å². The molecule has 24 heavy (non-hydrogen) atoms. The van der Waals surface area contributed by atoms with E-state index < -0.39 is 0 Å². The molecule has 2 amide bonds. The predicted molar refractivity (Wildman–Crippen MR) is 90.6 cm³/mol. The Bertz CT molecular complexity index is 632. The topological polar surface area (TPSA) is 61.9 Å². The molecule has 0 spiro atoms. The maximum Gasteiger partial charge on any atom is 0.246 e. The molecule has 0 saturated carbocycles. The number of ether oxygens (including phenoxy) is 1. The molecular weight excluding hydrogens is 306 g/mol. The number of likely N-dealkylation sites (tertiary alicyclic amines) is 1. The Labute approximate surface area is 142 Å². The summed E-state index contributed by atoms with van der Waals surface area (Å²) in [4.78, 5) is 27.9. The Kier molecular flexibility index (Phi) is 4.87. The van der Waals surface area contributed by atoms with Gasteiger partial charge in [-0.25, -0.2) is 0 Å². The highest BCUT2D eigenvalue weighted by Gasteiger charge is 2.46. The summed E-state index contributed by atoms with van der Waals surface area (Å²) in [6.45, 7) is 2.18. The van der Waals surface area contributed by atoms with Crippen molar-refractivity contribution in [3.05, 3.63) is 35.4 Å². The van der Waals surface area contributed by atoms with E-state index in [1.165, 1.54) is 18.2 Å². The van der Waals surface area contributed by atoms with Gasteiger partial charge in [-0.05, 0) is 11.1 Å². The summed E-state index contributed by atoms with van der Waals surface area (Å²) in [6, 6.07) is 8.30. The molecule has 1 fully saturated rings. The minimum Gasteiger partial charge on any atom is -0.375 e. The molecule has 1 aliphatic carbocycles. The van der Waals surface area contributed by atoms with E-state index in [9.17, 15) is 9.59 Å². The highest BCUT2D eigenvalue weighted by atomic mass is 16.5. The number of methoxy groups -OCH3 is 1. The van der Waals surface area contributed by atoms with Crippen molar-refractivity contribution < 1.29 is 14.3 Å². The fourth-order valence-corrected chi connectivity index (χ4v) is 3.94. The van der Waals surface area contributed by atoms with Crippen molar-refractivity contribution >= 4 is 11.8 Å². The lowest BCUT2D eigenvalue weighted by Gasteiger charge is -2.23. The second-order valence-electron chi connectivity index (χ2n) is 6.86. The highest BCUT2D eigenvalue weighted by molar-refractivity contribution is 5.78.